The van der Waals surface area contributed by atoms with Crippen LogP contribution in [0.1, 0.15) is 27.0 Å². The van der Waals surface area contributed by atoms with Crippen LogP contribution in [0.5, 0.6) is 0 Å². The summed E-state index contributed by atoms with van der Waals surface area (Å²) in [5.74, 6) is -0.0549. The number of aliphatic hydroxyl groups excluding tert-OH is 1. The zero-order chi connectivity index (χ0) is 25.7. The number of benzene rings is 4. The third-order valence-corrected chi connectivity index (χ3v) is 6.87. The summed E-state index contributed by atoms with van der Waals surface area (Å²) in [4.78, 5) is 28.8. The van der Waals surface area contributed by atoms with Gasteiger partial charge >= 0.3 is 6.03 Å². The summed E-state index contributed by atoms with van der Waals surface area (Å²) < 4.78 is 0. The van der Waals surface area contributed by atoms with Crippen LogP contribution in [0.25, 0.3) is 23.3 Å². The number of amides is 2. The van der Waals surface area contributed by atoms with Crippen molar-refractivity contribution in [1.82, 2.24) is 0 Å². The van der Waals surface area contributed by atoms with Gasteiger partial charge in [-0.15, -0.1) is 0 Å². The average molecular weight is 489 g/mol. The highest BCUT2D eigenvalue weighted by Crippen LogP contribution is 2.41. The van der Waals surface area contributed by atoms with Crippen molar-refractivity contribution in [2.45, 2.75) is 12.8 Å². The Bertz CT molecular complexity index is 1610. The number of carbonyl (C=O) groups excluding carboxylic acids is 2. The van der Waals surface area contributed by atoms with Gasteiger partial charge in [0.1, 0.15) is 0 Å². The van der Waals surface area contributed by atoms with Crippen molar-refractivity contribution >= 4 is 46.7 Å². The Morgan fingerprint density at radius 3 is 2.14 bits per heavy atom. The molecule has 4 aromatic carbocycles. The Kier molecular flexibility index (Phi) is 5.37. The lowest BCUT2D eigenvalue weighted by Crippen LogP contribution is -2.39. The van der Waals surface area contributed by atoms with Crippen LogP contribution in [0.3, 0.4) is 0 Å². The average Bonchev–Trinajstić information content (AvgIpc) is 3.13. The fraction of sp³-hybridized carbons (Fsp3) is 0.0667. The highest BCUT2D eigenvalue weighted by molar-refractivity contribution is 6.07. The molecular weight excluding hydrogens is 464 g/mol. The van der Waals surface area contributed by atoms with Crippen LogP contribution in [0.15, 0.2) is 84.9 Å². The van der Waals surface area contributed by atoms with Gasteiger partial charge in [0, 0.05) is 17.7 Å². The van der Waals surface area contributed by atoms with Crippen LogP contribution in [0.4, 0.5) is 27.5 Å². The van der Waals surface area contributed by atoms with E-state index in [0.29, 0.717) is 28.3 Å². The highest BCUT2D eigenvalue weighted by Gasteiger charge is 2.29. The quantitative estimate of drug-likeness (QED) is 0.337. The predicted molar refractivity (Wildman–Crippen MR) is 146 cm³/mol. The Hall–Kier alpha value is -4.72. The summed E-state index contributed by atoms with van der Waals surface area (Å²) in [5.41, 5.74) is 19.0. The number of hydrogen-bond acceptors (Lipinski definition) is 5. The van der Waals surface area contributed by atoms with Gasteiger partial charge in [0.25, 0.3) is 0 Å². The van der Waals surface area contributed by atoms with E-state index in [0.717, 1.165) is 27.8 Å². The molecule has 0 radical (unpaired) electrons. The monoisotopic (exact) mass is 488 g/mol. The Labute approximate surface area is 213 Å². The molecule has 1 atom stereocenters. The summed E-state index contributed by atoms with van der Waals surface area (Å²) in [7, 11) is 0. The number of para-hydroxylation sites is 2. The molecule has 0 bridgehead atoms. The van der Waals surface area contributed by atoms with Crippen molar-refractivity contribution in [3.63, 3.8) is 0 Å². The number of carbonyl (C=O) groups is 2. The number of rotatable bonds is 2. The molecule has 0 spiro atoms. The van der Waals surface area contributed by atoms with Gasteiger partial charge in [-0.3, -0.25) is 15.4 Å². The molecule has 2 heterocycles. The molecule has 7 heteroatoms. The second kappa shape index (κ2) is 8.74. The number of ketones is 1. The number of Topliss-reactive ketones (excluding diaryl/α,β-unsaturated/α-hetero) is 1. The number of aliphatic hydroxyl groups is 1. The van der Waals surface area contributed by atoms with Crippen molar-refractivity contribution in [1.29, 1.82) is 0 Å². The maximum atomic E-state index is 13.1. The van der Waals surface area contributed by atoms with Crippen LogP contribution in [-0.2, 0) is 6.42 Å². The normalized spacial score (nSPS) is 14.6. The fourth-order valence-electron chi connectivity index (χ4n) is 5.16. The summed E-state index contributed by atoms with van der Waals surface area (Å²) in [6.45, 7) is 0. The number of nitrogens with zero attached hydrogens (tertiary/aromatic N) is 2. The van der Waals surface area contributed by atoms with Crippen molar-refractivity contribution in [3.8, 4) is 11.1 Å². The molecule has 0 fully saturated rings. The Morgan fingerprint density at radius 2 is 1.41 bits per heavy atom. The molecule has 5 N–H and O–H groups in total. The summed E-state index contributed by atoms with van der Waals surface area (Å²) in [6.07, 6.45) is 2.78. The van der Waals surface area contributed by atoms with Crippen molar-refractivity contribution < 1.29 is 14.7 Å². The van der Waals surface area contributed by atoms with Gasteiger partial charge in [-0.05, 0) is 58.1 Å². The van der Waals surface area contributed by atoms with Crippen molar-refractivity contribution in [3.05, 3.63) is 107 Å². The number of primary amides is 1. The van der Waals surface area contributed by atoms with E-state index < -0.39 is 12.4 Å². The van der Waals surface area contributed by atoms with Gasteiger partial charge in [-0.2, -0.15) is 0 Å². The molecule has 0 aliphatic carbocycles. The van der Waals surface area contributed by atoms with Crippen LogP contribution in [0.2, 0.25) is 0 Å². The number of fused-ring (bicyclic) bond motifs is 4. The van der Waals surface area contributed by atoms with Gasteiger partial charge in [0.15, 0.2) is 12.1 Å². The summed E-state index contributed by atoms with van der Waals surface area (Å²) >= 11 is 0. The van der Waals surface area contributed by atoms with Gasteiger partial charge in [-0.1, -0.05) is 66.7 Å². The van der Waals surface area contributed by atoms with Gasteiger partial charge < -0.3 is 15.7 Å². The standard InChI is InChI=1S/C30H24N4O3/c31-29(36)33-24-7-3-1-5-18(24)9-10-19-11-12-20(15-26(19)33)21-13-14-23-27(16-21)34(30(32)37)25-8-4-2-6-22(25)17-28(23)35/h1-16,30,37H,17,32H2,(H2,31,36). The van der Waals surface area contributed by atoms with E-state index in [4.69, 9.17) is 11.5 Å². The first kappa shape index (κ1) is 22.7. The summed E-state index contributed by atoms with van der Waals surface area (Å²) in [5, 5.41) is 10.5. The highest BCUT2D eigenvalue weighted by atomic mass is 16.3. The molecule has 182 valence electrons. The lowest BCUT2D eigenvalue weighted by Gasteiger charge is -2.29. The molecular formula is C30H24N4O3. The maximum absolute atomic E-state index is 13.1. The lowest BCUT2D eigenvalue weighted by molar-refractivity contribution is 0.0994. The smallest absolute Gasteiger partial charge is 0.323 e. The minimum absolute atomic E-state index is 0.0549. The van der Waals surface area contributed by atoms with Gasteiger partial charge in [0.2, 0.25) is 0 Å². The molecule has 2 aliphatic rings. The second-order valence-electron chi connectivity index (χ2n) is 9.08. The van der Waals surface area contributed by atoms with Crippen LogP contribution >= 0.6 is 0 Å². The number of hydrogen-bond donors (Lipinski definition) is 3. The zero-order valence-corrected chi connectivity index (χ0v) is 19.8. The van der Waals surface area contributed by atoms with E-state index in [9.17, 15) is 14.7 Å². The molecule has 1 unspecified atom stereocenters. The minimum Gasteiger partial charge on any atom is -0.361 e. The SMILES string of the molecule is NC(=O)N1c2ccccc2C=Cc2ccc(-c3ccc4c(c3)N(C(N)O)c3ccccc3CC4=O)cc21. The zero-order valence-electron chi connectivity index (χ0n) is 19.8. The van der Waals surface area contributed by atoms with E-state index >= 15 is 0 Å². The number of urea groups is 1. The molecule has 2 aliphatic heterocycles. The minimum atomic E-state index is -1.35. The van der Waals surface area contributed by atoms with Crippen molar-refractivity contribution in [2.75, 3.05) is 9.80 Å². The second-order valence-corrected chi connectivity index (χ2v) is 9.08. The molecule has 2 amide bonds. The molecule has 0 saturated carbocycles. The number of nitrogens with two attached hydrogens (primary N) is 2. The largest absolute Gasteiger partial charge is 0.361 e. The third-order valence-electron chi connectivity index (χ3n) is 6.87. The maximum Gasteiger partial charge on any atom is 0.323 e. The van der Waals surface area contributed by atoms with E-state index in [-0.39, 0.29) is 12.2 Å². The van der Waals surface area contributed by atoms with Crippen molar-refractivity contribution in [2.24, 2.45) is 11.5 Å². The topological polar surface area (TPSA) is 113 Å². The van der Waals surface area contributed by atoms with Gasteiger partial charge in [0.05, 0.1) is 17.1 Å². The van der Waals surface area contributed by atoms with E-state index in [1.54, 1.807) is 11.0 Å². The molecule has 7 nitrogen and oxygen atoms in total. The molecule has 6 rings (SSSR count). The van der Waals surface area contributed by atoms with Crippen LogP contribution in [0, 0.1) is 0 Å². The fourth-order valence-corrected chi connectivity index (χ4v) is 5.16. The summed E-state index contributed by atoms with van der Waals surface area (Å²) in [6, 6.07) is 25.7. The molecule has 0 aromatic heterocycles. The molecule has 0 saturated heterocycles. The van der Waals surface area contributed by atoms with E-state index in [1.807, 2.05) is 91.0 Å². The van der Waals surface area contributed by atoms with Crippen LogP contribution < -0.4 is 21.3 Å². The first-order valence-corrected chi connectivity index (χ1v) is 11.9. The Morgan fingerprint density at radius 1 is 0.784 bits per heavy atom. The number of anilines is 4. The van der Waals surface area contributed by atoms with Crippen LogP contribution in [-0.4, -0.2) is 23.3 Å². The van der Waals surface area contributed by atoms with E-state index in [1.165, 1.54) is 4.90 Å². The first-order chi connectivity index (χ1) is 17.9. The first-order valence-electron chi connectivity index (χ1n) is 11.9. The molecule has 37 heavy (non-hydrogen) atoms. The predicted octanol–water partition coefficient (Wildman–Crippen LogP) is 5.17. The van der Waals surface area contributed by atoms with E-state index in [2.05, 4.69) is 0 Å². The molecule has 4 aromatic rings. The van der Waals surface area contributed by atoms with Gasteiger partial charge in [-0.25, -0.2) is 4.79 Å². The lowest BCUT2D eigenvalue weighted by atomic mass is 9.97. The third kappa shape index (κ3) is 3.78. The Balaban J connectivity index is 1.51.